The molecule has 1 rings (SSSR count). The summed E-state index contributed by atoms with van der Waals surface area (Å²) >= 11 is 2.83. The van der Waals surface area contributed by atoms with Gasteiger partial charge in [0, 0.05) is 22.5 Å². The molecule has 0 saturated carbocycles. The van der Waals surface area contributed by atoms with Crippen molar-refractivity contribution >= 4 is 20.7 Å². The zero-order valence-corrected chi connectivity index (χ0v) is 10.0. The van der Waals surface area contributed by atoms with E-state index >= 15 is 0 Å². The molecule has 0 aromatic heterocycles. The van der Waals surface area contributed by atoms with E-state index in [1.165, 1.54) is 16.7 Å². The Kier molecular flexibility index (Phi) is 4.14. The SMILES string of the molecule is Cc1ccc(C)c(CCNC(=O)Br)c1. The quantitative estimate of drug-likeness (QED) is 0.653. The number of carbonyl (C=O) groups is 1. The van der Waals surface area contributed by atoms with Crippen LogP contribution in [0.1, 0.15) is 16.7 Å². The summed E-state index contributed by atoms with van der Waals surface area (Å²) in [6, 6.07) is 6.37. The summed E-state index contributed by atoms with van der Waals surface area (Å²) in [6.45, 7) is 4.84. The first-order chi connectivity index (χ1) is 6.59. The second kappa shape index (κ2) is 5.15. The van der Waals surface area contributed by atoms with Crippen LogP contribution >= 0.6 is 15.9 Å². The van der Waals surface area contributed by atoms with Crippen molar-refractivity contribution in [3.63, 3.8) is 0 Å². The van der Waals surface area contributed by atoms with E-state index in [0.29, 0.717) is 6.54 Å². The van der Waals surface area contributed by atoms with Crippen molar-refractivity contribution in [1.29, 1.82) is 0 Å². The average molecular weight is 256 g/mol. The van der Waals surface area contributed by atoms with E-state index in [0.717, 1.165) is 6.42 Å². The van der Waals surface area contributed by atoms with E-state index < -0.39 is 0 Å². The number of benzene rings is 1. The molecule has 0 aliphatic heterocycles. The molecule has 0 radical (unpaired) electrons. The molecule has 0 aliphatic rings. The molecule has 2 nitrogen and oxygen atoms in total. The van der Waals surface area contributed by atoms with Crippen LogP contribution in [0.4, 0.5) is 4.79 Å². The van der Waals surface area contributed by atoms with Gasteiger partial charge in [0.25, 0.3) is 4.82 Å². The van der Waals surface area contributed by atoms with Gasteiger partial charge in [-0.25, -0.2) is 0 Å². The maximum atomic E-state index is 10.6. The Bertz CT molecular complexity index is 336. The lowest BCUT2D eigenvalue weighted by atomic mass is 10.0. The Hall–Kier alpha value is -0.830. The van der Waals surface area contributed by atoms with E-state index in [1.807, 2.05) is 0 Å². The molecule has 1 amide bonds. The second-order valence-corrected chi connectivity index (χ2v) is 4.10. The minimum Gasteiger partial charge on any atom is -0.346 e. The van der Waals surface area contributed by atoms with Gasteiger partial charge in [-0.2, -0.15) is 0 Å². The largest absolute Gasteiger partial charge is 0.346 e. The Morgan fingerprint density at radius 2 is 2.14 bits per heavy atom. The van der Waals surface area contributed by atoms with Gasteiger partial charge in [0.05, 0.1) is 0 Å². The van der Waals surface area contributed by atoms with Gasteiger partial charge in [0.15, 0.2) is 0 Å². The number of rotatable bonds is 3. The monoisotopic (exact) mass is 255 g/mol. The highest BCUT2D eigenvalue weighted by molar-refractivity contribution is 9.18. The first-order valence-corrected chi connectivity index (χ1v) is 5.38. The van der Waals surface area contributed by atoms with Crippen molar-refractivity contribution in [3.05, 3.63) is 34.9 Å². The number of amides is 1. The zero-order valence-electron chi connectivity index (χ0n) is 8.43. The molecule has 0 spiro atoms. The molecule has 0 saturated heterocycles. The van der Waals surface area contributed by atoms with Crippen LogP contribution in [0.3, 0.4) is 0 Å². The van der Waals surface area contributed by atoms with Crippen molar-refractivity contribution in [1.82, 2.24) is 5.32 Å². The standard InChI is InChI=1S/C11H14BrNO/c1-8-3-4-9(2)10(7-8)5-6-13-11(12)14/h3-4,7H,5-6H2,1-2H3,(H,13,14). The van der Waals surface area contributed by atoms with E-state index in [4.69, 9.17) is 0 Å². The normalized spacial score (nSPS) is 9.93. The molecule has 0 bridgehead atoms. The molecule has 3 heteroatoms. The maximum absolute atomic E-state index is 10.6. The minimum atomic E-state index is -0.150. The fourth-order valence-corrected chi connectivity index (χ4v) is 1.56. The molecule has 0 aliphatic carbocycles. The summed E-state index contributed by atoms with van der Waals surface area (Å²) in [5.41, 5.74) is 3.83. The molecule has 76 valence electrons. The number of nitrogens with one attached hydrogen (secondary N) is 1. The van der Waals surface area contributed by atoms with E-state index in [2.05, 4.69) is 53.3 Å². The minimum absolute atomic E-state index is 0.150. The van der Waals surface area contributed by atoms with Crippen molar-refractivity contribution in [3.8, 4) is 0 Å². The lowest BCUT2D eigenvalue weighted by molar-refractivity contribution is 0.262. The number of carbonyl (C=O) groups excluding carboxylic acids is 1. The number of hydrogen-bond donors (Lipinski definition) is 1. The summed E-state index contributed by atoms with van der Waals surface area (Å²) < 4.78 is 0. The predicted octanol–water partition coefficient (Wildman–Crippen LogP) is 2.95. The smallest absolute Gasteiger partial charge is 0.287 e. The molecule has 1 aromatic carbocycles. The lowest BCUT2D eigenvalue weighted by Gasteiger charge is -2.06. The highest BCUT2D eigenvalue weighted by atomic mass is 79.9. The fourth-order valence-electron chi connectivity index (χ4n) is 1.37. The predicted molar refractivity (Wildman–Crippen MR) is 61.9 cm³/mol. The van der Waals surface area contributed by atoms with Crippen LogP contribution < -0.4 is 5.32 Å². The van der Waals surface area contributed by atoms with Crippen LogP contribution in [0.5, 0.6) is 0 Å². The average Bonchev–Trinajstić information content (AvgIpc) is 2.10. The molecule has 1 aromatic rings. The van der Waals surface area contributed by atoms with Gasteiger partial charge in [-0.1, -0.05) is 23.8 Å². The van der Waals surface area contributed by atoms with Gasteiger partial charge in [-0.05, 0) is 31.4 Å². The van der Waals surface area contributed by atoms with Crippen LogP contribution in [-0.2, 0) is 6.42 Å². The fraction of sp³-hybridized carbons (Fsp3) is 0.364. The second-order valence-electron chi connectivity index (χ2n) is 3.38. The first kappa shape index (κ1) is 11.2. The topological polar surface area (TPSA) is 29.1 Å². The summed E-state index contributed by atoms with van der Waals surface area (Å²) in [5.74, 6) is 0. The first-order valence-electron chi connectivity index (χ1n) is 4.59. The molecular formula is C11H14BrNO. The third-order valence-corrected chi connectivity index (χ3v) is 2.44. The summed E-state index contributed by atoms with van der Waals surface area (Å²) in [4.78, 5) is 10.4. The Labute approximate surface area is 92.8 Å². The van der Waals surface area contributed by atoms with E-state index in [-0.39, 0.29) is 4.82 Å². The van der Waals surface area contributed by atoms with Crippen molar-refractivity contribution in [2.45, 2.75) is 20.3 Å². The molecule has 14 heavy (non-hydrogen) atoms. The third kappa shape index (κ3) is 3.50. The number of halogens is 1. The van der Waals surface area contributed by atoms with Gasteiger partial charge >= 0.3 is 0 Å². The maximum Gasteiger partial charge on any atom is 0.287 e. The van der Waals surface area contributed by atoms with Crippen molar-refractivity contribution < 1.29 is 4.79 Å². The highest BCUT2D eigenvalue weighted by Gasteiger charge is 1.99. The Morgan fingerprint density at radius 3 is 2.79 bits per heavy atom. The van der Waals surface area contributed by atoms with Gasteiger partial charge in [-0.15, -0.1) is 0 Å². The van der Waals surface area contributed by atoms with Crippen LogP contribution in [0.15, 0.2) is 18.2 Å². The van der Waals surface area contributed by atoms with Crippen LogP contribution in [0.2, 0.25) is 0 Å². The van der Waals surface area contributed by atoms with Gasteiger partial charge < -0.3 is 5.32 Å². The van der Waals surface area contributed by atoms with Gasteiger partial charge in [-0.3, -0.25) is 4.79 Å². The molecule has 0 fully saturated rings. The molecule has 1 N–H and O–H groups in total. The molecule has 0 atom stereocenters. The van der Waals surface area contributed by atoms with Crippen molar-refractivity contribution in [2.24, 2.45) is 0 Å². The van der Waals surface area contributed by atoms with Gasteiger partial charge in [0.1, 0.15) is 0 Å². The number of hydrogen-bond acceptors (Lipinski definition) is 1. The Morgan fingerprint density at radius 1 is 1.43 bits per heavy atom. The van der Waals surface area contributed by atoms with Crippen LogP contribution in [0.25, 0.3) is 0 Å². The van der Waals surface area contributed by atoms with Crippen LogP contribution in [0, 0.1) is 13.8 Å². The number of aryl methyl sites for hydroxylation is 2. The molecular weight excluding hydrogens is 242 g/mol. The Balaban J connectivity index is 2.57. The molecule has 0 unspecified atom stereocenters. The molecule has 0 heterocycles. The van der Waals surface area contributed by atoms with E-state index in [1.54, 1.807) is 0 Å². The summed E-state index contributed by atoms with van der Waals surface area (Å²) in [6.07, 6.45) is 0.880. The van der Waals surface area contributed by atoms with E-state index in [9.17, 15) is 4.79 Å². The van der Waals surface area contributed by atoms with Crippen LogP contribution in [-0.4, -0.2) is 11.4 Å². The lowest BCUT2D eigenvalue weighted by Crippen LogP contribution is -2.19. The van der Waals surface area contributed by atoms with Gasteiger partial charge in [0.2, 0.25) is 0 Å². The third-order valence-electron chi connectivity index (χ3n) is 2.16. The van der Waals surface area contributed by atoms with Crippen molar-refractivity contribution in [2.75, 3.05) is 6.54 Å². The summed E-state index contributed by atoms with van der Waals surface area (Å²) in [5, 5.41) is 2.72. The zero-order chi connectivity index (χ0) is 10.6. The highest BCUT2D eigenvalue weighted by Crippen LogP contribution is 2.10. The summed E-state index contributed by atoms with van der Waals surface area (Å²) in [7, 11) is 0.